The van der Waals surface area contributed by atoms with Gasteiger partial charge in [0.05, 0.1) is 5.69 Å². The molecule has 1 saturated carbocycles. The molecule has 2 aromatic heterocycles. The molecule has 0 bridgehead atoms. The van der Waals surface area contributed by atoms with E-state index in [4.69, 9.17) is 0 Å². The van der Waals surface area contributed by atoms with E-state index >= 15 is 0 Å². The Morgan fingerprint density at radius 2 is 2.00 bits per heavy atom. The monoisotopic (exact) mass is 356 g/mol. The molecule has 1 aromatic carbocycles. The number of fused-ring (bicyclic) bond motifs is 1. The van der Waals surface area contributed by atoms with Crippen LogP contribution in [0.5, 0.6) is 5.75 Å². The lowest BCUT2D eigenvalue weighted by Gasteiger charge is -2.25. The largest absolute Gasteiger partial charge is 0.507 e. The molecule has 26 heavy (non-hydrogen) atoms. The summed E-state index contributed by atoms with van der Waals surface area (Å²) in [6.07, 6.45) is 3.57. The van der Waals surface area contributed by atoms with E-state index in [1.165, 1.54) is 0 Å². The van der Waals surface area contributed by atoms with Gasteiger partial charge in [-0.25, -0.2) is 8.78 Å². The van der Waals surface area contributed by atoms with Gasteiger partial charge in [0.1, 0.15) is 5.75 Å². The molecule has 0 amide bonds. The molecule has 2 heterocycles. The van der Waals surface area contributed by atoms with E-state index in [9.17, 15) is 13.9 Å². The first-order valence-corrected chi connectivity index (χ1v) is 8.44. The highest BCUT2D eigenvalue weighted by molar-refractivity contribution is 5.89. The van der Waals surface area contributed by atoms with Gasteiger partial charge >= 0.3 is 0 Å². The van der Waals surface area contributed by atoms with Crippen LogP contribution in [0.25, 0.3) is 22.0 Å². The van der Waals surface area contributed by atoms with E-state index in [2.05, 4.69) is 15.2 Å². The third-order valence-electron chi connectivity index (χ3n) is 4.97. The van der Waals surface area contributed by atoms with Crippen molar-refractivity contribution < 1.29 is 13.9 Å². The van der Waals surface area contributed by atoms with E-state index < -0.39 is 5.92 Å². The first kappa shape index (κ1) is 16.6. The van der Waals surface area contributed by atoms with Crippen molar-refractivity contribution in [2.45, 2.75) is 31.2 Å². The van der Waals surface area contributed by atoms with Crippen LogP contribution in [-0.2, 0) is 0 Å². The fourth-order valence-corrected chi connectivity index (χ4v) is 3.43. The zero-order valence-corrected chi connectivity index (χ0v) is 14.2. The van der Waals surface area contributed by atoms with Crippen LogP contribution < -0.4 is 4.90 Å². The van der Waals surface area contributed by atoms with Crippen LogP contribution in [0.2, 0.25) is 0 Å². The van der Waals surface area contributed by atoms with Gasteiger partial charge in [-0.05, 0) is 42.1 Å². The quantitative estimate of drug-likeness (QED) is 0.768. The molecule has 0 spiro atoms. The predicted octanol–water partition coefficient (Wildman–Crippen LogP) is 4.02. The summed E-state index contributed by atoms with van der Waals surface area (Å²) >= 11 is 0. The van der Waals surface area contributed by atoms with E-state index in [1.807, 2.05) is 12.1 Å². The zero-order chi connectivity index (χ0) is 18.3. The molecule has 0 radical (unpaired) electrons. The molecule has 0 saturated heterocycles. The number of hydrogen-bond acceptors (Lipinski definition) is 5. The Hall–Kier alpha value is -2.83. The number of nitrogens with zero attached hydrogens (tertiary/aromatic N) is 4. The number of hydrogen-bond donors (Lipinski definition) is 1. The summed E-state index contributed by atoms with van der Waals surface area (Å²) in [6.45, 7) is 0. The first-order chi connectivity index (χ1) is 12.4. The number of phenolic OH excluding ortho intramolecular Hbond substituents is 1. The Balaban J connectivity index is 1.61. The van der Waals surface area contributed by atoms with Crippen molar-refractivity contribution in [3.8, 4) is 17.0 Å². The fraction of sp³-hybridized carbons (Fsp3) is 0.316. The fourth-order valence-electron chi connectivity index (χ4n) is 3.43. The van der Waals surface area contributed by atoms with Crippen molar-refractivity contribution in [2.75, 3.05) is 11.9 Å². The minimum Gasteiger partial charge on any atom is -0.507 e. The number of benzene rings is 1. The van der Waals surface area contributed by atoms with Crippen LogP contribution in [0.4, 0.5) is 14.6 Å². The van der Waals surface area contributed by atoms with Gasteiger partial charge in [0, 0.05) is 49.3 Å². The van der Waals surface area contributed by atoms with Crippen LogP contribution in [0.15, 0.2) is 42.7 Å². The average Bonchev–Trinajstić information content (AvgIpc) is 3.00. The molecule has 1 atom stereocenters. The Bertz CT molecular complexity index is 946. The maximum Gasteiger partial charge on any atom is 0.250 e. The van der Waals surface area contributed by atoms with Gasteiger partial charge in [-0.15, -0.1) is 10.2 Å². The van der Waals surface area contributed by atoms with Gasteiger partial charge in [0.2, 0.25) is 5.92 Å². The first-order valence-electron chi connectivity index (χ1n) is 8.44. The summed E-state index contributed by atoms with van der Waals surface area (Å²) in [6, 6.07) is 8.52. The van der Waals surface area contributed by atoms with Gasteiger partial charge in [0.15, 0.2) is 5.82 Å². The molecule has 1 aliphatic rings. The second-order valence-corrected chi connectivity index (χ2v) is 6.73. The summed E-state index contributed by atoms with van der Waals surface area (Å²) in [4.78, 5) is 5.84. The molecule has 134 valence electrons. The van der Waals surface area contributed by atoms with E-state index in [1.54, 1.807) is 42.5 Å². The number of rotatable bonds is 3. The normalized spacial score (nSPS) is 19.0. The van der Waals surface area contributed by atoms with Gasteiger partial charge in [-0.2, -0.15) is 0 Å². The van der Waals surface area contributed by atoms with E-state index in [0.717, 1.165) is 10.8 Å². The average molecular weight is 356 g/mol. The molecule has 1 aliphatic carbocycles. The van der Waals surface area contributed by atoms with Crippen LogP contribution in [0, 0.1) is 0 Å². The van der Waals surface area contributed by atoms with Crippen LogP contribution in [0.1, 0.15) is 19.3 Å². The topological polar surface area (TPSA) is 62.1 Å². The highest BCUT2D eigenvalue weighted by Gasteiger charge is 2.41. The number of halogens is 2. The maximum absolute atomic E-state index is 13.4. The standard InChI is InChI=1S/C19H18F2N4O/c1-25(14-4-6-19(20,21)10-14)18-3-2-16(23-24-18)15-8-13-11-22-7-5-12(13)9-17(15)26/h2-3,5,7-9,11,14,26H,4,6,10H2,1H3/t14-/m1/s1. The minimum atomic E-state index is -2.60. The van der Waals surface area contributed by atoms with Crippen molar-refractivity contribution in [3.63, 3.8) is 0 Å². The van der Waals surface area contributed by atoms with Crippen LogP contribution in [0.3, 0.4) is 0 Å². The molecule has 4 rings (SSSR count). The summed E-state index contributed by atoms with van der Waals surface area (Å²) in [5, 5.41) is 20.4. The molecule has 1 N–H and O–H groups in total. The number of aromatic hydroxyl groups is 1. The predicted molar refractivity (Wildman–Crippen MR) is 95.4 cm³/mol. The molecule has 0 unspecified atom stereocenters. The molecule has 5 nitrogen and oxygen atoms in total. The lowest BCUT2D eigenvalue weighted by Crippen LogP contribution is -2.31. The summed E-state index contributed by atoms with van der Waals surface area (Å²) in [5.74, 6) is -1.95. The van der Waals surface area contributed by atoms with Crippen LogP contribution in [-0.4, -0.2) is 39.3 Å². The van der Waals surface area contributed by atoms with Crippen molar-refractivity contribution in [3.05, 3.63) is 42.7 Å². The van der Waals surface area contributed by atoms with Crippen molar-refractivity contribution in [1.82, 2.24) is 15.2 Å². The summed E-state index contributed by atoms with van der Waals surface area (Å²) in [5.41, 5.74) is 1.07. The lowest BCUT2D eigenvalue weighted by molar-refractivity contribution is 0.00786. The Morgan fingerprint density at radius 1 is 1.15 bits per heavy atom. The van der Waals surface area contributed by atoms with Gasteiger partial charge in [0.25, 0.3) is 0 Å². The minimum absolute atomic E-state index is 0.0908. The van der Waals surface area contributed by atoms with Gasteiger partial charge < -0.3 is 10.0 Å². The SMILES string of the molecule is CN(c1ccc(-c2cc3cnccc3cc2O)nn1)[C@@H]1CCC(F)(F)C1. The number of aromatic nitrogens is 3. The van der Waals surface area contributed by atoms with Crippen molar-refractivity contribution >= 4 is 16.6 Å². The highest BCUT2D eigenvalue weighted by Crippen LogP contribution is 2.38. The number of pyridine rings is 1. The summed E-state index contributed by atoms with van der Waals surface area (Å²) < 4.78 is 26.9. The molecule has 7 heteroatoms. The Labute approximate surface area is 149 Å². The molecular weight excluding hydrogens is 338 g/mol. The molecule has 1 fully saturated rings. The third-order valence-corrected chi connectivity index (χ3v) is 4.97. The van der Waals surface area contributed by atoms with Crippen molar-refractivity contribution in [2.24, 2.45) is 0 Å². The number of phenols is 1. The maximum atomic E-state index is 13.4. The molecular formula is C19H18F2N4O. The number of alkyl halides is 2. The third kappa shape index (κ3) is 3.05. The lowest BCUT2D eigenvalue weighted by atomic mass is 10.1. The molecule has 0 aliphatic heterocycles. The highest BCUT2D eigenvalue weighted by atomic mass is 19.3. The smallest absolute Gasteiger partial charge is 0.250 e. The molecule has 3 aromatic rings. The van der Waals surface area contributed by atoms with E-state index in [0.29, 0.717) is 23.5 Å². The van der Waals surface area contributed by atoms with E-state index in [-0.39, 0.29) is 24.6 Å². The van der Waals surface area contributed by atoms with Gasteiger partial charge in [-0.1, -0.05) is 0 Å². The second-order valence-electron chi connectivity index (χ2n) is 6.73. The Morgan fingerprint density at radius 3 is 2.69 bits per heavy atom. The van der Waals surface area contributed by atoms with Crippen LogP contribution >= 0.6 is 0 Å². The number of anilines is 1. The van der Waals surface area contributed by atoms with Gasteiger partial charge in [-0.3, -0.25) is 4.98 Å². The van der Waals surface area contributed by atoms with Crippen molar-refractivity contribution in [1.29, 1.82) is 0 Å². The Kier molecular flexibility index (Phi) is 3.94. The zero-order valence-electron chi connectivity index (χ0n) is 14.2. The summed E-state index contributed by atoms with van der Waals surface area (Å²) in [7, 11) is 1.76. The second kappa shape index (κ2) is 6.16.